The van der Waals surface area contributed by atoms with Gasteiger partial charge in [-0.1, -0.05) is 22.9 Å². The number of sulfonamides is 1. The summed E-state index contributed by atoms with van der Waals surface area (Å²) in [5.74, 6) is -0.0308. The van der Waals surface area contributed by atoms with Crippen molar-refractivity contribution >= 4 is 26.0 Å². The van der Waals surface area contributed by atoms with Gasteiger partial charge in [0.2, 0.25) is 10.0 Å². The van der Waals surface area contributed by atoms with Gasteiger partial charge in [0.1, 0.15) is 0 Å². The molecule has 0 saturated carbocycles. The molecule has 19 heavy (non-hydrogen) atoms. The fourth-order valence-corrected chi connectivity index (χ4v) is 4.76. The van der Waals surface area contributed by atoms with Crippen molar-refractivity contribution < 1.29 is 13.5 Å². The Morgan fingerprint density at radius 3 is 2.63 bits per heavy atom. The topological polar surface area (TPSA) is 57.6 Å². The van der Waals surface area contributed by atoms with Crippen molar-refractivity contribution in [1.29, 1.82) is 0 Å². The molecule has 0 spiro atoms. The molecule has 4 nitrogen and oxygen atoms in total. The second-order valence-electron chi connectivity index (χ2n) is 5.16. The van der Waals surface area contributed by atoms with Gasteiger partial charge in [0.25, 0.3) is 0 Å². The average Bonchev–Trinajstić information content (AvgIpc) is 2.31. The molecule has 0 unspecified atom stereocenters. The van der Waals surface area contributed by atoms with E-state index in [-0.39, 0.29) is 5.92 Å². The molecule has 1 aromatic rings. The monoisotopic (exact) mass is 347 g/mol. The Morgan fingerprint density at radius 1 is 1.37 bits per heavy atom. The van der Waals surface area contributed by atoms with Crippen molar-refractivity contribution in [3.63, 3.8) is 0 Å². The molecule has 1 fully saturated rings. The summed E-state index contributed by atoms with van der Waals surface area (Å²) in [6.07, 6.45) is 0.0867. The average molecular weight is 348 g/mol. The van der Waals surface area contributed by atoms with Crippen molar-refractivity contribution in [2.45, 2.75) is 31.3 Å². The zero-order valence-electron chi connectivity index (χ0n) is 11.0. The molecule has 1 saturated heterocycles. The normalized spacial score (nSPS) is 25.5. The standard InChI is InChI=1S/C13H18BrNO3S/c1-9-5-11(14)7-12(6-9)19(17,18)15-4-3-13(16)10(2)8-15/h5-7,10,13,16H,3-4,8H2,1-2H3/t10-,13+/m0/s1. The van der Waals surface area contributed by atoms with E-state index in [2.05, 4.69) is 15.9 Å². The van der Waals surface area contributed by atoms with E-state index >= 15 is 0 Å². The van der Waals surface area contributed by atoms with E-state index in [1.165, 1.54) is 4.31 Å². The van der Waals surface area contributed by atoms with Gasteiger partial charge >= 0.3 is 0 Å². The number of nitrogens with zero attached hydrogens (tertiary/aromatic N) is 1. The Hall–Kier alpha value is -0.430. The Morgan fingerprint density at radius 2 is 2.05 bits per heavy atom. The molecule has 1 aliphatic heterocycles. The fourth-order valence-electron chi connectivity index (χ4n) is 2.31. The van der Waals surface area contributed by atoms with Gasteiger partial charge in [0.05, 0.1) is 11.0 Å². The van der Waals surface area contributed by atoms with E-state index in [1.54, 1.807) is 12.1 Å². The smallest absolute Gasteiger partial charge is 0.243 e. The molecule has 6 heteroatoms. The van der Waals surface area contributed by atoms with Gasteiger partial charge in [0.15, 0.2) is 0 Å². The second-order valence-corrected chi connectivity index (χ2v) is 8.01. The number of benzene rings is 1. The number of hydrogen-bond acceptors (Lipinski definition) is 3. The third-order valence-corrected chi connectivity index (χ3v) is 5.78. The Labute approximate surface area is 122 Å². The Balaban J connectivity index is 2.32. The summed E-state index contributed by atoms with van der Waals surface area (Å²) in [6, 6.07) is 5.18. The van der Waals surface area contributed by atoms with Gasteiger partial charge in [-0.15, -0.1) is 0 Å². The van der Waals surface area contributed by atoms with Crippen LogP contribution < -0.4 is 0 Å². The van der Waals surface area contributed by atoms with Gasteiger partial charge in [-0.05, 0) is 43.0 Å². The van der Waals surface area contributed by atoms with Gasteiger partial charge in [0, 0.05) is 17.6 Å². The minimum absolute atomic E-state index is 0.0308. The predicted octanol–water partition coefficient (Wildman–Crippen LogP) is 2.15. The van der Waals surface area contributed by atoms with Crippen molar-refractivity contribution in [2.75, 3.05) is 13.1 Å². The highest BCUT2D eigenvalue weighted by molar-refractivity contribution is 9.10. The minimum Gasteiger partial charge on any atom is -0.393 e. The number of aliphatic hydroxyl groups is 1. The molecule has 1 aromatic carbocycles. The number of piperidine rings is 1. The SMILES string of the molecule is Cc1cc(Br)cc(S(=O)(=O)N2CC[C@@H](O)[C@@H](C)C2)c1. The van der Waals surface area contributed by atoms with Gasteiger partial charge in [-0.2, -0.15) is 4.31 Å². The van der Waals surface area contributed by atoms with Crippen LogP contribution >= 0.6 is 15.9 Å². The number of hydrogen-bond donors (Lipinski definition) is 1. The summed E-state index contributed by atoms with van der Waals surface area (Å²) >= 11 is 3.33. The van der Waals surface area contributed by atoms with Crippen LogP contribution in [0, 0.1) is 12.8 Å². The zero-order valence-corrected chi connectivity index (χ0v) is 13.4. The van der Waals surface area contributed by atoms with E-state index < -0.39 is 16.1 Å². The molecular weight excluding hydrogens is 330 g/mol. The first-order valence-electron chi connectivity index (χ1n) is 6.26. The van der Waals surface area contributed by atoms with Crippen LogP contribution in [0.15, 0.2) is 27.6 Å². The van der Waals surface area contributed by atoms with Crippen molar-refractivity contribution in [3.05, 3.63) is 28.2 Å². The fraction of sp³-hybridized carbons (Fsp3) is 0.538. The molecule has 1 heterocycles. The molecule has 106 valence electrons. The molecule has 0 bridgehead atoms. The quantitative estimate of drug-likeness (QED) is 0.891. The van der Waals surface area contributed by atoms with Crippen LogP contribution in [0.25, 0.3) is 0 Å². The Kier molecular flexibility index (Phi) is 4.35. The largest absolute Gasteiger partial charge is 0.393 e. The van der Waals surface area contributed by atoms with Crippen molar-refractivity contribution in [2.24, 2.45) is 5.92 Å². The van der Waals surface area contributed by atoms with E-state index in [0.29, 0.717) is 24.4 Å². The molecular formula is C13H18BrNO3S. The first-order valence-corrected chi connectivity index (χ1v) is 8.49. The maximum absolute atomic E-state index is 12.6. The van der Waals surface area contributed by atoms with E-state index in [9.17, 15) is 13.5 Å². The zero-order chi connectivity index (χ0) is 14.2. The number of halogens is 1. The second kappa shape index (κ2) is 5.52. The predicted molar refractivity (Wildman–Crippen MR) is 77.4 cm³/mol. The summed E-state index contributed by atoms with van der Waals surface area (Å²) in [7, 11) is -3.47. The summed E-state index contributed by atoms with van der Waals surface area (Å²) in [5.41, 5.74) is 0.901. The van der Waals surface area contributed by atoms with Crippen LogP contribution in [-0.4, -0.2) is 37.0 Å². The summed E-state index contributed by atoms with van der Waals surface area (Å²) in [4.78, 5) is 0.308. The first-order chi connectivity index (χ1) is 8.80. The lowest BCUT2D eigenvalue weighted by Crippen LogP contribution is -2.44. The number of aryl methyl sites for hydroxylation is 1. The van der Waals surface area contributed by atoms with Crippen LogP contribution in [0.2, 0.25) is 0 Å². The third kappa shape index (κ3) is 3.18. The summed E-state index contributed by atoms with van der Waals surface area (Å²) < 4.78 is 27.4. The van der Waals surface area contributed by atoms with E-state index in [1.807, 2.05) is 19.9 Å². The van der Waals surface area contributed by atoms with E-state index in [4.69, 9.17) is 0 Å². The van der Waals surface area contributed by atoms with Crippen LogP contribution in [0.3, 0.4) is 0 Å². The molecule has 0 radical (unpaired) electrons. The van der Waals surface area contributed by atoms with Crippen LogP contribution in [-0.2, 0) is 10.0 Å². The van der Waals surface area contributed by atoms with Crippen LogP contribution in [0.1, 0.15) is 18.9 Å². The maximum Gasteiger partial charge on any atom is 0.243 e. The lowest BCUT2D eigenvalue weighted by Gasteiger charge is -2.33. The Bertz CT molecular complexity index is 553. The van der Waals surface area contributed by atoms with Gasteiger partial charge in [-0.3, -0.25) is 0 Å². The van der Waals surface area contributed by atoms with Gasteiger partial charge in [-0.25, -0.2) is 8.42 Å². The van der Waals surface area contributed by atoms with Crippen molar-refractivity contribution in [1.82, 2.24) is 4.31 Å². The molecule has 2 rings (SSSR count). The van der Waals surface area contributed by atoms with Crippen molar-refractivity contribution in [3.8, 4) is 0 Å². The lowest BCUT2D eigenvalue weighted by molar-refractivity contribution is 0.0628. The highest BCUT2D eigenvalue weighted by Gasteiger charge is 2.32. The maximum atomic E-state index is 12.6. The molecule has 1 N–H and O–H groups in total. The molecule has 0 aromatic heterocycles. The van der Waals surface area contributed by atoms with E-state index in [0.717, 1.165) is 10.0 Å². The highest BCUT2D eigenvalue weighted by atomic mass is 79.9. The molecule has 0 amide bonds. The van der Waals surface area contributed by atoms with Crippen LogP contribution in [0.5, 0.6) is 0 Å². The summed E-state index contributed by atoms with van der Waals surface area (Å²) in [6.45, 7) is 4.49. The number of rotatable bonds is 2. The van der Waals surface area contributed by atoms with Gasteiger partial charge < -0.3 is 5.11 Å². The molecule has 0 aliphatic carbocycles. The molecule has 1 aliphatic rings. The first kappa shape index (κ1) is 15.0. The number of aliphatic hydroxyl groups excluding tert-OH is 1. The summed E-state index contributed by atoms with van der Waals surface area (Å²) in [5, 5.41) is 9.69. The lowest BCUT2D eigenvalue weighted by atomic mass is 9.99. The third-order valence-electron chi connectivity index (χ3n) is 3.48. The minimum atomic E-state index is -3.47. The van der Waals surface area contributed by atoms with Crippen LogP contribution in [0.4, 0.5) is 0 Å². The molecule has 2 atom stereocenters. The highest BCUT2D eigenvalue weighted by Crippen LogP contribution is 2.26.